The molecule has 0 spiro atoms. The third-order valence-corrected chi connectivity index (χ3v) is 2.00. The molecule has 0 N–H and O–H groups in total. The molecule has 0 nitrogen and oxygen atoms in total. The van der Waals surface area contributed by atoms with Crippen LogP contribution in [0.15, 0.2) is 0 Å². The normalized spacial score (nSPS) is 13.5. The van der Waals surface area contributed by atoms with Gasteiger partial charge in [0.1, 0.15) is 0 Å². The maximum absolute atomic E-state index is 3.85. The molecule has 0 aliphatic heterocycles. The van der Waals surface area contributed by atoms with Crippen molar-refractivity contribution in [1.82, 2.24) is 0 Å². The van der Waals surface area contributed by atoms with Crippen molar-refractivity contribution in [2.24, 2.45) is 5.92 Å². The molecule has 0 saturated carbocycles. The van der Waals surface area contributed by atoms with Crippen LogP contribution in [0.25, 0.3) is 0 Å². The summed E-state index contributed by atoms with van der Waals surface area (Å²) in [5.41, 5.74) is 0. The summed E-state index contributed by atoms with van der Waals surface area (Å²) in [5.74, 6) is 0.907. The van der Waals surface area contributed by atoms with Gasteiger partial charge in [0.2, 0.25) is 0 Å². The minimum absolute atomic E-state index is 0.907. The van der Waals surface area contributed by atoms with Crippen LogP contribution in [-0.4, -0.2) is 0 Å². The van der Waals surface area contributed by atoms with Gasteiger partial charge in [-0.1, -0.05) is 59.3 Å². The van der Waals surface area contributed by atoms with Crippen molar-refractivity contribution in [1.29, 1.82) is 0 Å². The Hall–Kier alpha value is 0. The fraction of sp³-hybridized carbons (Fsp3) is 0.900. The van der Waals surface area contributed by atoms with Crippen LogP contribution in [0.3, 0.4) is 0 Å². The van der Waals surface area contributed by atoms with Crippen LogP contribution >= 0.6 is 0 Å². The van der Waals surface area contributed by atoms with Crippen LogP contribution in [0, 0.1) is 12.8 Å². The first-order valence-electron chi connectivity index (χ1n) is 4.60. The zero-order valence-corrected chi connectivity index (χ0v) is 7.53. The van der Waals surface area contributed by atoms with Gasteiger partial charge in [0.25, 0.3) is 0 Å². The quantitative estimate of drug-likeness (QED) is 0.493. The number of rotatable bonds is 6. The van der Waals surface area contributed by atoms with Crippen molar-refractivity contribution in [3.8, 4) is 0 Å². The first-order chi connectivity index (χ1) is 4.81. The van der Waals surface area contributed by atoms with Gasteiger partial charge in [0.05, 0.1) is 0 Å². The molecule has 61 valence electrons. The SMILES string of the molecule is [CH2]CCC(C)CCCCC. The van der Waals surface area contributed by atoms with Gasteiger partial charge in [-0.25, -0.2) is 0 Å². The summed E-state index contributed by atoms with van der Waals surface area (Å²) < 4.78 is 0. The van der Waals surface area contributed by atoms with E-state index in [1.54, 1.807) is 0 Å². The van der Waals surface area contributed by atoms with E-state index in [9.17, 15) is 0 Å². The molecule has 0 aliphatic carbocycles. The molecule has 0 heteroatoms. The first kappa shape index (κ1) is 10.0. The molecule has 1 atom stereocenters. The standard InChI is InChI=1S/C10H21/c1-4-6-7-9-10(3)8-5-2/h10H,2,4-9H2,1,3H3. The van der Waals surface area contributed by atoms with Crippen LogP contribution in [-0.2, 0) is 0 Å². The minimum atomic E-state index is 0.907. The predicted octanol–water partition coefficient (Wildman–Crippen LogP) is 3.82. The van der Waals surface area contributed by atoms with Gasteiger partial charge in [-0.3, -0.25) is 0 Å². The van der Waals surface area contributed by atoms with Crippen molar-refractivity contribution in [2.75, 3.05) is 0 Å². The van der Waals surface area contributed by atoms with Gasteiger partial charge in [0, 0.05) is 0 Å². The topological polar surface area (TPSA) is 0 Å². The molecule has 0 aromatic carbocycles. The second-order valence-electron chi connectivity index (χ2n) is 3.24. The lowest BCUT2D eigenvalue weighted by molar-refractivity contribution is 0.467. The molecule has 1 unspecified atom stereocenters. The zero-order valence-electron chi connectivity index (χ0n) is 7.53. The van der Waals surface area contributed by atoms with E-state index >= 15 is 0 Å². The molecule has 0 heterocycles. The lowest BCUT2D eigenvalue weighted by Gasteiger charge is -2.07. The van der Waals surface area contributed by atoms with Crippen LogP contribution in [0.4, 0.5) is 0 Å². The molecule has 0 saturated heterocycles. The Morgan fingerprint density at radius 2 is 1.90 bits per heavy atom. The van der Waals surface area contributed by atoms with Crippen molar-refractivity contribution in [2.45, 2.75) is 52.4 Å². The van der Waals surface area contributed by atoms with Gasteiger partial charge in [0.15, 0.2) is 0 Å². The monoisotopic (exact) mass is 141 g/mol. The fourth-order valence-corrected chi connectivity index (χ4v) is 1.24. The summed E-state index contributed by atoms with van der Waals surface area (Å²) in [4.78, 5) is 0. The summed E-state index contributed by atoms with van der Waals surface area (Å²) >= 11 is 0. The largest absolute Gasteiger partial charge is 0.0654 e. The molecular weight excluding hydrogens is 120 g/mol. The Balaban J connectivity index is 2.97. The summed E-state index contributed by atoms with van der Waals surface area (Å²) in [5, 5.41) is 0. The Morgan fingerprint density at radius 1 is 1.20 bits per heavy atom. The van der Waals surface area contributed by atoms with Gasteiger partial charge in [-0.05, 0) is 5.92 Å². The minimum Gasteiger partial charge on any atom is -0.0654 e. The Kier molecular flexibility index (Phi) is 7.11. The summed E-state index contributed by atoms with van der Waals surface area (Å²) in [6, 6.07) is 0. The maximum Gasteiger partial charge on any atom is -0.0443 e. The van der Waals surface area contributed by atoms with Crippen molar-refractivity contribution < 1.29 is 0 Å². The highest BCUT2D eigenvalue weighted by molar-refractivity contribution is 4.54. The third kappa shape index (κ3) is 6.12. The van der Waals surface area contributed by atoms with Crippen molar-refractivity contribution in [3.05, 3.63) is 6.92 Å². The maximum atomic E-state index is 3.85. The van der Waals surface area contributed by atoms with Crippen LogP contribution in [0.1, 0.15) is 52.4 Å². The molecule has 0 aromatic rings. The van der Waals surface area contributed by atoms with E-state index in [1.165, 1.54) is 32.1 Å². The van der Waals surface area contributed by atoms with Crippen LogP contribution < -0.4 is 0 Å². The Bertz CT molecular complexity index is 57.1. The lowest BCUT2D eigenvalue weighted by Crippen LogP contribution is -1.92. The van der Waals surface area contributed by atoms with Crippen LogP contribution in [0.2, 0.25) is 0 Å². The van der Waals surface area contributed by atoms with Crippen molar-refractivity contribution >= 4 is 0 Å². The molecule has 10 heavy (non-hydrogen) atoms. The van der Waals surface area contributed by atoms with E-state index in [2.05, 4.69) is 20.8 Å². The Morgan fingerprint density at radius 3 is 2.40 bits per heavy atom. The second-order valence-corrected chi connectivity index (χ2v) is 3.24. The average Bonchev–Trinajstić information content (AvgIpc) is 1.89. The molecular formula is C10H21. The molecule has 1 radical (unpaired) electrons. The highest BCUT2D eigenvalue weighted by Gasteiger charge is 1.98. The molecule has 0 rings (SSSR count). The van der Waals surface area contributed by atoms with E-state index in [0.29, 0.717) is 0 Å². The summed E-state index contributed by atoms with van der Waals surface area (Å²) in [6.45, 7) is 8.44. The lowest BCUT2D eigenvalue weighted by atomic mass is 9.99. The highest BCUT2D eigenvalue weighted by Crippen LogP contribution is 2.13. The molecule has 0 amide bonds. The molecule has 0 aromatic heterocycles. The van der Waals surface area contributed by atoms with E-state index in [4.69, 9.17) is 0 Å². The zero-order chi connectivity index (χ0) is 7.82. The fourth-order valence-electron chi connectivity index (χ4n) is 1.24. The third-order valence-electron chi connectivity index (χ3n) is 2.00. The summed E-state index contributed by atoms with van der Waals surface area (Å²) in [7, 11) is 0. The number of hydrogen-bond donors (Lipinski definition) is 0. The number of hydrogen-bond acceptors (Lipinski definition) is 0. The smallest absolute Gasteiger partial charge is 0.0443 e. The van der Waals surface area contributed by atoms with E-state index in [-0.39, 0.29) is 0 Å². The second kappa shape index (κ2) is 7.11. The van der Waals surface area contributed by atoms with E-state index in [0.717, 1.165) is 12.3 Å². The Labute approximate surface area is 66.0 Å². The van der Waals surface area contributed by atoms with Gasteiger partial charge in [-0.15, -0.1) is 0 Å². The molecule has 0 aliphatic rings. The summed E-state index contributed by atoms with van der Waals surface area (Å²) in [6.07, 6.45) is 7.98. The van der Waals surface area contributed by atoms with E-state index in [1.807, 2.05) is 0 Å². The number of unbranched alkanes of at least 4 members (excludes halogenated alkanes) is 2. The predicted molar refractivity (Wildman–Crippen MR) is 47.9 cm³/mol. The molecule has 0 fully saturated rings. The van der Waals surface area contributed by atoms with Crippen molar-refractivity contribution in [3.63, 3.8) is 0 Å². The molecule has 0 bridgehead atoms. The van der Waals surface area contributed by atoms with Crippen LogP contribution in [0.5, 0.6) is 0 Å². The van der Waals surface area contributed by atoms with Gasteiger partial charge in [-0.2, -0.15) is 0 Å². The van der Waals surface area contributed by atoms with Gasteiger partial charge >= 0.3 is 0 Å². The highest BCUT2D eigenvalue weighted by atomic mass is 14.0. The first-order valence-corrected chi connectivity index (χ1v) is 4.60. The van der Waals surface area contributed by atoms with E-state index < -0.39 is 0 Å². The average molecular weight is 141 g/mol. The van der Waals surface area contributed by atoms with Gasteiger partial charge < -0.3 is 0 Å².